The number of amidine groups is 1. The summed E-state index contributed by atoms with van der Waals surface area (Å²) in [6.45, 7) is 4.56. The maximum Gasteiger partial charge on any atom is 0.407 e. The van der Waals surface area contributed by atoms with Crippen LogP contribution in [0.4, 0.5) is 20.6 Å². The quantitative estimate of drug-likeness (QED) is 0.742. The van der Waals surface area contributed by atoms with Crippen molar-refractivity contribution in [1.29, 1.82) is 0 Å². The molecule has 0 unspecified atom stereocenters. The van der Waals surface area contributed by atoms with Crippen molar-refractivity contribution in [2.75, 3.05) is 36.5 Å². The van der Waals surface area contributed by atoms with Gasteiger partial charge in [0.25, 0.3) is 5.91 Å². The number of likely N-dealkylation sites (N-methyl/N-ethyl adjacent to an activating group) is 1. The van der Waals surface area contributed by atoms with E-state index in [1.54, 1.807) is 31.2 Å². The van der Waals surface area contributed by atoms with E-state index < -0.39 is 17.7 Å². The van der Waals surface area contributed by atoms with Crippen molar-refractivity contribution in [1.82, 2.24) is 10.3 Å². The maximum absolute atomic E-state index is 14.9. The van der Waals surface area contributed by atoms with Gasteiger partial charge in [-0.2, -0.15) is 5.10 Å². The van der Waals surface area contributed by atoms with Crippen LogP contribution in [0.15, 0.2) is 41.5 Å². The smallest absolute Gasteiger partial charge is 0.407 e. The van der Waals surface area contributed by atoms with Crippen LogP contribution in [0, 0.1) is 5.82 Å². The Morgan fingerprint density at radius 3 is 2.73 bits per heavy atom. The molecule has 33 heavy (non-hydrogen) atoms. The summed E-state index contributed by atoms with van der Waals surface area (Å²) in [5, 5.41) is 13.4. The molecule has 2 N–H and O–H groups in total. The Kier molecular flexibility index (Phi) is 4.70. The zero-order valence-electron chi connectivity index (χ0n) is 18.5. The number of rotatable bonds is 3. The number of nitrogens with one attached hydrogen (secondary N) is 1. The molecule has 1 atom stereocenters. The third-order valence-corrected chi connectivity index (χ3v) is 6.70. The summed E-state index contributed by atoms with van der Waals surface area (Å²) in [7, 11) is 1.87. The van der Waals surface area contributed by atoms with Gasteiger partial charge in [0.05, 0.1) is 11.2 Å². The number of carbonyl (C=O) groups is 2. The number of nitrogens with zero attached hydrogens (tertiary/aromatic N) is 4. The number of hydrogen-bond acceptors (Lipinski definition) is 6. The molecule has 0 radical (unpaired) electrons. The molecule has 2 amide bonds. The van der Waals surface area contributed by atoms with Crippen molar-refractivity contribution >= 4 is 29.2 Å². The third kappa shape index (κ3) is 3.24. The first-order chi connectivity index (χ1) is 15.7. The molecular weight excluding hydrogens is 429 g/mol. The van der Waals surface area contributed by atoms with E-state index in [-0.39, 0.29) is 18.3 Å². The zero-order valence-corrected chi connectivity index (χ0v) is 18.5. The largest absolute Gasteiger partial charge is 0.483 e. The first kappa shape index (κ1) is 21.0. The van der Waals surface area contributed by atoms with Gasteiger partial charge in [-0.1, -0.05) is 18.2 Å². The Morgan fingerprint density at radius 2 is 2.03 bits per heavy atom. The standard InChI is InChI=1S/C23H24FN5O4/c1-13-21(30)26-25-20-10-33-19-8-15(14-6-4-5-7-16(14)24)17(9-18(19)29(13)20)27(3)23(2)11-28(12-23)22(31)32/h4-9,13H,10-12H2,1-3H3,(H,26,30)(H,31,32)/t13-/m1/s1. The number of carboxylic acid groups (broad SMARTS) is 1. The lowest BCUT2D eigenvalue weighted by atomic mass is 9.88. The van der Waals surface area contributed by atoms with Crippen LogP contribution < -0.4 is 20.0 Å². The highest BCUT2D eigenvalue weighted by atomic mass is 19.1. The van der Waals surface area contributed by atoms with E-state index >= 15 is 0 Å². The molecule has 1 saturated heterocycles. The second-order valence-electron chi connectivity index (χ2n) is 8.85. The van der Waals surface area contributed by atoms with E-state index in [9.17, 15) is 19.1 Å². The summed E-state index contributed by atoms with van der Waals surface area (Å²) in [5.41, 5.74) is 4.42. The molecule has 172 valence electrons. The molecule has 2 aromatic carbocycles. The molecule has 0 aliphatic carbocycles. The van der Waals surface area contributed by atoms with Gasteiger partial charge in [-0.05, 0) is 32.0 Å². The first-order valence-electron chi connectivity index (χ1n) is 10.6. The zero-order chi connectivity index (χ0) is 23.5. The minimum Gasteiger partial charge on any atom is -0.483 e. The van der Waals surface area contributed by atoms with E-state index in [1.807, 2.05) is 29.8 Å². The highest BCUT2D eigenvalue weighted by Crippen LogP contribution is 2.46. The summed E-state index contributed by atoms with van der Waals surface area (Å²) in [6.07, 6.45) is -0.969. The van der Waals surface area contributed by atoms with Gasteiger partial charge >= 0.3 is 6.09 Å². The number of ether oxygens (including phenoxy) is 1. The number of fused-ring (bicyclic) bond motifs is 3. The minimum absolute atomic E-state index is 0.175. The molecule has 0 aromatic heterocycles. The minimum atomic E-state index is -0.969. The van der Waals surface area contributed by atoms with Crippen molar-refractivity contribution in [3.05, 3.63) is 42.2 Å². The second kappa shape index (κ2) is 7.36. The van der Waals surface area contributed by atoms with Crippen LogP contribution in [0.3, 0.4) is 0 Å². The van der Waals surface area contributed by atoms with Crippen molar-refractivity contribution in [2.24, 2.45) is 5.10 Å². The lowest BCUT2D eigenvalue weighted by molar-refractivity contribution is -0.122. The lowest BCUT2D eigenvalue weighted by Gasteiger charge is -2.53. The molecule has 0 spiro atoms. The Labute approximate surface area is 190 Å². The second-order valence-corrected chi connectivity index (χ2v) is 8.85. The summed E-state index contributed by atoms with van der Waals surface area (Å²) in [6, 6.07) is 9.65. The third-order valence-electron chi connectivity index (χ3n) is 6.70. The fourth-order valence-corrected chi connectivity index (χ4v) is 4.65. The van der Waals surface area contributed by atoms with Crippen molar-refractivity contribution in [3.8, 4) is 16.9 Å². The Balaban J connectivity index is 1.66. The average molecular weight is 453 g/mol. The highest BCUT2D eigenvalue weighted by Gasteiger charge is 2.46. The van der Waals surface area contributed by atoms with Crippen LogP contribution in [-0.2, 0) is 4.79 Å². The monoisotopic (exact) mass is 453 g/mol. The summed E-state index contributed by atoms with van der Waals surface area (Å²) < 4.78 is 20.8. The molecule has 2 aromatic rings. The Hall–Kier alpha value is -3.82. The van der Waals surface area contributed by atoms with Gasteiger partial charge in [0, 0.05) is 37.0 Å². The van der Waals surface area contributed by atoms with Crippen LogP contribution in [0.1, 0.15) is 13.8 Å². The predicted molar refractivity (Wildman–Crippen MR) is 121 cm³/mol. The van der Waals surface area contributed by atoms with Gasteiger partial charge in [-0.25, -0.2) is 14.6 Å². The van der Waals surface area contributed by atoms with E-state index in [0.29, 0.717) is 47.2 Å². The number of likely N-dealkylation sites (tertiary alicyclic amines) is 1. The number of halogens is 1. The normalized spacial score (nSPS) is 20.5. The van der Waals surface area contributed by atoms with Gasteiger partial charge in [-0.3, -0.25) is 4.79 Å². The predicted octanol–water partition coefficient (Wildman–Crippen LogP) is 2.71. The van der Waals surface area contributed by atoms with Crippen molar-refractivity contribution < 1.29 is 23.8 Å². The van der Waals surface area contributed by atoms with Gasteiger partial charge < -0.3 is 24.5 Å². The number of hydrazone groups is 1. The topological polar surface area (TPSA) is 97.7 Å². The van der Waals surface area contributed by atoms with Crippen LogP contribution in [-0.4, -0.2) is 66.2 Å². The van der Waals surface area contributed by atoms with Gasteiger partial charge in [0.1, 0.15) is 24.2 Å². The molecule has 0 bridgehead atoms. The number of carbonyl (C=O) groups excluding carboxylic acids is 1. The van der Waals surface area contributed by atoms with E-state index in [4.69, 9.17) is 4.74 Å². The van der Waals surface area contributed by atoms with Crippen molar-refractivity contribution in [3.63, 3.8) is 0 Å². The van der Waals surface area contributed by atoms with Gasteiger partial charge in [0.15, 0.2) is 5.84 Å². The molecular formula is C23H24FN5O4. The Bertz CT molecular complexity index is 1190. The van der Waals surface area contributed by atoms with E-state index in [0.717, 1.165) is 0 Å². The number of amides is 2. The SMILES string of the molecule is C[C@@H]1C(=O)NN=C2COc3cc(-c4ccccc4F)c(N(C)C4(C)CN(C(=O)O)C4)cc3N21. The van der Waals surface area contributed by atoms with Crippen LogP contribution in [0.2, 0.25) is 0 Å². The van der Waals surface area contributed by atoms with E-state index in [1.165, 1.54) is 11.0 Å². The van der Waals surface area contributed by atoms with Gasteiger partial charge in [0.2, 0.25) is 0 Å². The van der Waals surface area contributed by atoms with Crippen LogP contribution >= 0.6 is 0 Å². The maximum atomic E-state index is 14.9. The van der Waals surface area contributed by atoms with Crippen LogP contribution in [0.25, 0.3) is 11.1 Å². The molecule has 3 aliphatic heterocycles. The lowest BCUT2D eigenvalue weighted by Crippen LogP contribution is -2.69. The number of anilines is 2. The fraction of sp³-hybridized carbons (Fsp3) is 0.348. The highest BCUT2D eigenvalue weighted by molar-refractivity contribution is 6.10. The summed E-state index contributed by atoms with van der Waals surface area (Å²) in [4.78, 5) is 28.8. The molecule has 3 aliphatic rings. The van der Waals surface area contributed by atoms with Gasteiger partial charge in [-0.15, -0.1) is 0 Å². The molecule has 10 heteroatoms. The molecule has 5 rings (SSSR count). The molecule has 9 nitrogen and oxygen atoms in total. The first-order valence-corrected chi connectivity index (χ1v) is 10.6. The summed E-state index contributed by atoms with van der Waals surface area (Å²) >= 11 is 0. The number of hydrogen-bond donors (Lipinski definition) is 2. The van der Waals surface area contributed by atoms with E-state index in [2.05, 4.69) is 10.5 Å². The summed E-state index contributed by atoms with van der Waals surface area (Å²) in [5.74, 6) is 0.495. The van der Waals surface area contributed by atoms with Crippen molar-refractivity contribution in [2.45, 2.75) is 25.4 Å². The fourth-order valence-electron chi connectivity index (χ4n) is 4.65. The molecule has 0 saturated carbocycles. The Morgan fingerprint density at radius 1 is 1.30 bits per heavy atom. The molecule has 3 heterocycles. The average Bonchev–Trinajstić information content (AvgIpc) is 2.78. The molecule has 1 fully saturated rings. The van der Waals surface area contributed by atoms with Crippen LogP contribution in [0.5, 0.6) is 5.75 Å². The number of benzene rings is 2.